The fraction of sp³-hybridized carbons (Fsp3) is 0.750. The number of hydrogen-bond acceptors (Lipinski definition) is 6. The molecule has 0 aromatic heterocycles. The maximum absolute atomic E-state index is 13.2. The summed E-state index contributed by atoms with van der Waals surface area (Å²) in [6, 6.07) is -0.826. The number of carbonyl (C=O) groups excluding carboxylic acids is 3. The molecule has 7 unspecified atom stereocenters. The lowest BCUT2D eigenvalue weighted by atomic mass is 9.88. The molecule has 0 aromatic carbocycles. The molecule has 3 rings (SSSR count). The average molecular weight is 524 g/mol. The first-order chi connectivity index (χ1) is 17.2. The number of hydrogen-bond donors (Lipinski definition) is 1. The first kappa shape index (κ1) is 30.7. The second-order valence-electron chi connectivity index (χ2n) is 9.94. The lowest BCUT2D eigenvalue weighted by molar-refractivity contribution is -0.247. The van der Waals surface area contributed by atoms with Gasteiger partial charge in [-0.3, -0.25) is 9.59 Å². The van der Waals surface area contributed by atoms with Gasteiger partial charge >= 0.3 is 5.97 Å². The molecule has 1 aliphatic carbocycles. The summed E-state index contributed by atoms with van der Waals surface area (Å²) in [6.07, 6.45) is 13.2. The van der Waals surface area contributed by atoms with Gasteiger partial charge in [-0.1, -0.05) is 51.5 Å². The van der Waals surface area contributed by atoms with E-state index >= 15 is 0 Å². The van der Waals surface area contributed by atoms with Gasteiger partial charge in [-0.05, 0) is 70.6 Å². The Balaban J connectivity index is 0.00000222. The van der Waals surface area contributed by atoms with Crippen molar-refractivity contribution in [3.05, 3.63) is 23.8 Å². The summed E-state index contributed by atoms with van der Waals surface area (Å²) in [6.45, 7) is 9.97. The predicted octanol–water partition coefficient (Wildman–Crippen LogP) is 4.92. The van der Waals surface area contributed by atoms with Gasteiger partial charge in [0.05, 0.1) is 5.85 Å². The molecule has 2 heterocycles. The maximum atomic E-state index is 13.2. The smallest absolute Gasteiger partial charge is 0.329 e. The van der Waals surface area contributed by atoms with Crippen LogP contribution in [0.3, 0.4) is 0 Å². The summed E-state index contributed by atoms with van der Waals surface area (Å²) in [4.78, 5) is 40.8. The number of allylic oxidation sites excluding steroid dienone is 4. The normalized spacial score (nSPS) is 29.8. The van der Waals surface area contributed by atoms with Crippen LogP contribution in [0, 0.1) is 11.8 Å². The van der Waals surface area contributed by atoms with Crippen molar-refractivity contribution in [1.82, 2.24) is 4.90 Å². The largest absolute Gasteiger partial charge is 0.461 e. The first-order valence-corrected chi connectivity index (χ1v) is 14.4. The third-order valence-electron chi connectivity index (χ3n) is 7.50. The van der Waals surface area contributed by atoms with Crippen molar-refractivity contribution in [2.75, 3.05) is 6.54 Å². The van der Waals surface area contributed by atoms with E-state index in [2.05, 4.69) is 34.4 Å². The quantitative estimate of drug-likeness (QED) is 0.276. The molecule has 2 saturated heterocycles. The molecule has 1 amide bonds. The van der Waals surface area contributed by atoms with Crippen molar-refractivity contribution in [3.8, 4) is 0 Å². The highest BCUT2D eigenvalue weighted by atomic mass is 31.0. The van der Waals surface area contributed by atoms with E-state index in [0.29, 0.717) is 25.7 Å². The van der Waals surface area contributed by atoms with E-state index in [4.69, 9.17) is 9.47 Å². The van der Waals surface area contributed by atoms with Gasteiger partial charge in [0.1, 0.15) is 12.1 Å². The predicted molar refractivity (Wildman–Crippen MR) is 144 cm³/mol. The van der Waals surface area contributed by atoms with E-state index < -0.39 is 41.3 Å². The second kappa shape index (κ2) is 14.4. The van der Waals surface area contributed by atoms with Crippen molar-refractivity contribution in [2.45, 2.75) is 116 Å². The Morgan fingerprint density at radius 2 is 1.94 bits per heavy atom. The average Bonchev–Trinajstić information content (AvgIpc) is 2.90. The third kappa shape index (κ3) is 7.49. The maximum Gasteiger partial charge on any atom is 0.329 e. The van der Waals surface area contributed by atoms with E-state index in [1.165, 1.54) is 10.5 Å². The molecule has 2 fully saturated rings. The van der Waals surface area contributed by atoms with Gasteiger partial charge < -0.3 is 19.5 Å². The number of ether oxygens (including phenoxy) is 2. The van der Waals surface area contributed by atoms with Crippen molar-refractivity contribution in [1.29, 1.82) is 0 Å². The van der Waals surface area contributed by atoms with E-state index in [1.807, 2.05) is 20.8 Å². The van der Waals surface area contributed by atoms with Crippen molar-refractivity contribution < 1.29 is 29.0 Å². The van der Waals surface area contributed by atoms with Gasteiger partial charge in [0, 0.05) is 12.5 Å². The van der Waals surface area contributed by atoms with Crippen LogP contribution in [0.25, 0.3) is 0 Å². The summed E-state index contributed by atoms with van der Waals surface area (Å²) >= 11 is 0. The molecule has 0 spiro atoms. The van der Waals surface area contributed by atoms with Crippen LogP contribution in [0.1, 0.15) is 92.4 Å². The number of nitrogens with zero attached hydrogens (tertiary/aromatic N) is 1. The number of amides is 1. The van der Waals surface area contributed by atoms with Crippen LogP contribution >= 0.6 is 9.24 Å². The lowest BCUT2D eigenvalue weighted by Gasteiger charge is -2.41. The van der Waals surface area contributed by atoms with Crippen LogP contribution in [0.4, 0.5) is 0 Å². The molecule has 7 nitrogen and oxygen atoms in total. The molecule has 0 bridgehead atoms. The zero-order chi connectivity index (χ0) is 26.9. The van der Waals surface area contributed by atoms with Crippen LogP contribution < -0.4 is 0 Å². The monoisotopic (exact) mass is 523 g/mol. The Morgan fingerprint density at radius 1 is 1.22 bits per heavy atom. The summed E-state index contributed by atoms with van der Waals surface area (Å²) < 4.78 is 11.4. The van der Waals surface area contributed by atoms with Crippen LogP contribution in [0.15, 0.2) is 23.8 Å². The van der Waals surface area contributed by atoms with Crippen LogP contribution in [-0.2, 0) is 23.9 Å². The summed E-state index contributed by atoms with van der Waals surface area (Å²) in [7, 11) is 2.45. The highest BCUT2D eigenvalue weighted by molar-refractivity contribution is 7.17. The number of rotatable bonds is 8. The Bertz CT molecular complexity index is 827. The topological polar surface area (TPSA) is 93.1 Å². The molecule has 1 N–H and O–H groups in total. The summed E-state index contributed by atoms with van der Waals surface area (Å²) in [5, 5.41) is 11.0. The second-order valence-corrected chi connectivity index (χ2v) is 10.7. The summed E-state index contributed by atoms with van der Waals surface area (Å²) in [5.41, 5.74) is 1.27. The number of ketones is 1. The standard InChI is InChI=1S/C26H40NO6P.C2H6/c1-4-20(16-19-10-6-5-7-11-19)18(3)32-25(30)21-12-8-9-15-27(21)24(29)23(28)26(31)17(2)13-14-22(34)33-26;1-2/h6,10-11,17-18,20-22,31H,4-5,7-9,12-16,34H2,1-3H3;1-2H3. The SMILES string of the molecule is CC.CCC(CC1=CCCC=C1)C(C)OC(=O)C1CCCCN1C(=O)C(=O)C1(O)OC(P)CCC1C. The van der Waals surface area contributed by atoms with Crippen molar-refractivity contribution >= 4 is 26.9 Å². The zero-order valence-electron chi connectivity index (χ0n) is 22.7. The Morgan fingerprint density at radius 3 is 2.58 bits per heavy atom. The number of esters is 1. The lowest BCUT2D eigenvalue weighted by Crippen LogP contribution is -2.60. The number of Topliss-reactive ketones (excluding diaryl/α,β-unsaturated/α-hetero) is 1. The molecular formula is C28H46NO6P. The van der Waals surface area contributed by atoms with Gasteiger partial charge in [0.25, 0.3) is 11.7 Å². The Hall–Kier alpha value is -1.56. The van der Waals surface area contributed by atoms with Crippen LogP contribution in [0.2, 0.25) is 0 Å². The van der Waals surface area contributed by atoms with Crippen LogP contribution in [-0.4, -0.2) is 58.0 Å². The molecule has 0 saturated carbocycles. The number of likely N-dealkylation sites (tertiary alicyclic amines) is 1. The molecule has 0 aromatic rings. The molecule has 8 heteroatoms. The van der Waals surface area contributed by atoms with E-state index in [0.717, 1.165) is 32.1 Å². The molecule has 36 heavy (non-hydrogen) atoms. The Labute approximate surface area is 219 Å². The van der Waals surface area contributed by atoms with Crippen molar-refractivity contribution in [3.63, 3.8) is 0 Å². The van der Waals surface area contributed by atoms with Gasteiger partial charge in [-0.25, -0.2) is 4.79 Å². The minimum atomic E-state index is -2.17. The number of carbonyl (C=O) groups is 3. The van der Waals surface area contributed by atoms with E-state index in [-0.39, 0.29) is 18.6 Å². The number of aliphatic hydroxyl groups is 1. The number of piperidine rings is 1. The fourth-order valence-corrected chi connectivity index (χ4v) is 5.52. The summed E-state index contributed by atoms with van der Waals surface area (Å²) in [5.74, 6) is -5.26. The van der Waals surface area contributed by atoms with Crippen molar-refractivity contribution in [2.24, 2.45) is 11.8 Å². The van der Waals surface area contributed by atoms with Gasteiger partial charge in [-0.2, -0.15) is 0 Å². The van der Waals surface area contributed by atoms with E-state index in [1.54, 1.807) is 6.92 Å². The fourth-order valence-electron chi connectivity index (χ4n) is 5.12. The first-order valence-electron chi connectivity index (χ1n) is 13.7. The molecule has 0 radical (unpaired) electrons. The minimum absolute atomic E-state index is 0.170. The molecule has 204 valence electrons. The van der Waals surface area contributed by atoms with Gasteiger partial charge in [0.15, 0.2) is 0 Å². The molecule has 3 aliphatic rings. The molecular weight excluding hydrogens is 477 g/mol. The van der Waals surface area contributed by atoms with Gasteiger partial charge in [0.2, 0.25) is 5.79 Å². The van der Waals surface area contributed by atoms with E-state index in [9.17, 15) is 19.5 Å². The zero-order valence-corrected chi connectivity index (χ0v) is 23.9. The third-order valence-corrected chi connectivity index (χ3v) is 7.97. The molecule has 7 atom stereocenters. The minimum Gasteiger partial charge on any atom is -0.461 e. The molecule has 2 aliphatic heterocycles. The van der Waals surface area contributed by atoms with Gasteiger partial charge in [-0.15, -0.1) is 9.24 Å². The Kier molecular flexibility index (Phi) is 12.3. The highest BCUT2D eigenvalue weighted by Crippen LogP contribution is 2.36. The van der Waals surface area contributed by atoms with Crippen LogP contribution in [0.5, 0.6) is 0 Å². The highest BCUT2D eigenvalue weighted by Gasteiger charge is 2.52.